The van der Waals surface area contributed by atoms with Crippen molar-refractivity contribution in [2.24, 2.45) is 0 Å². The van der Waals surface area contributed by atoms with Gasteiger partial charge in [-0.1, -0.05) is 66.7 Å². The summed E-state index contributed by atoms with van der Waals surface area (Å²) in [5, 5.41) is 0. The normalized spacial score (nSPS) is 17.3. The molecule has 0 radical (unpaired) electrons. The van der Waals surface area contributed by atoms with Gasteiger partial charge in [0.2, 0.25) is 0 Å². The Morgan fingerprint density at radius 3 is 2.48 bits per heavy atom. The number of nitrogens with zero attached hydrogens (tertiary/aromatic N) is 1. The summed E-state index contributed by atoms with van der Waals surface area (Å²) in [4.78, 5) is 3.84. The highest BCUT2D eigenvalue weighted by atomic mass is 32.2. The molecule has 1 heterocycles. The monoisotopic (exact) mass is 374 g/mol. The molecular weight excluding hydrogens is 348 g/mol. The number of aryl methyl sites for hydroxylation is 1. The molecule has 3 heteroatoms. The van der Waals surface area contributed by atoms with E-state index < -0.39 is 0 Å². The molecule has 2 nitrogen and oxygen atoms in total. The Labute approximate surface area is 166 Å². The van der Waals surface area contributed by atoms with Gasteiger partial charge in [0, 0.05) is 30.6 Å². The minimum atomic E-state index is 0.555. The minimum absolute atomic E-state index is 0.555. The first-order valence-corrected chi connectivity index (χ1v) is 10.4. The van der Waals surface area contributed by atoms with Gasteiger partial charge < -0.3 is 0 Å². The smallest absolute Gasteiger partial charge is 0.0314 e. The van der Waals surface area contributed by atoms with Crippen molar-refractivity contribution in [3.63, 3.8) is 0 Å². The average Bonchev–Trinajstić information content (AvgIpc) is 3.15. The number of rotatable bonds is 6. The largest absolute Gasteiger partial charge is 0.297 e. The van der Waals surface area contributed by atoms with Crippen molar-refractivity contribution < 1.29 is 0 Å². The van der Waals surface area contributed by atoms with Crippen LogP contribution in [0.1, 0.15) is 17.5 Å². The standard InChI is InChI=1S/C24H26N2S/c1-19-6-5-9-24(16-19)27-25-23-14-15-26(18-23)17-20-10-12-22(13-11-20)21-7-3-2-4-8-21/h2-13,16,23,25H,14-15,17-18H2,1H3/t23-/m1/s1. The maximum Gasteiger partial charge on any atom is 0.0314 e. The van der Waals surface area contributed by atoms with Gasteiger partial charge in [-0.3, -0.25) is 9.62 Å². The minimum Gasteiger partial charge on any atom is -0.297 e. The van der Waals surface area contributed by atoms with Crippen molar-refractivity contribution in [3.8, 4) is 11.1 Å². The number of benzene rings is 3. The van der Waals surface area contributed by atoms with Crippen LogP contribution >= 0.6 is 11.9 Å². The van der Waals surface area contributed by atoms with E-state index in [-0.39, 0.29) is 0 Å². The van der Waals surface area contributed by atoms with Gasteiger partial charge in [-0.25, -0.2) is 0 Å². The molecule has 1 fully saturated rings. The molecule has 0 unspecified atom stereocenters. The summed E-state index contributed by atoms with van der Waals surface area (Å²) in [5.74, 6) is 0. The van der Waals surface area contributed by atoms with Gasteiger partial charge in [-0.05, 0) is 59.7 Å². The Morgan fingerprint density at radius 2 is 1.70 bits per heavy atom. The highest BCUT2D eigenvalue weighted by molar-refractivity contribution is 7.97. The number of nitrogens with one attached hydrogen (secondary N) is 1. The van der Waals surface area contributed by atoms with Crippen LogP contribution in [0, 0.1) is 6.92 Å². The zero-order valence-corrected chi connectivity index (χ0v) is 16.6. The summed E-state index contributed by atoms with van der Waals surface area (Å²) in [6.45, 7) is 5.44. The molecule has 1 atom stereocenters. The Balaban J connectivity index is 1.28. The van der Waals surface area contributed by atoms with E-state index in [1.165, 1.54) is 33.6 Å². The van der Waals surface area contributed by atoms with Crippen molar-refractivity contribution in [2.75, 3.05) is 13.1 Å². The number of likely N-dealkylation sites (tertiary alicyclic amines) is 1. The van der Waals surface area contributed by atoms with Crippen molar-refractivity contribution in [3.05, 3.63) is 90.0 Å². The van der Waals surface area contributed by atoms with Crippen LogP contribution in [0.15, 0.2) is 83.8 Å². The molecule has 0 bridgehead atoms. The summed E-state index contributed by atoms with van der Waals surface area (Å²) in [6.07, 6.45) is 1.21. The maximum atomic E-state index is 3.65. The predicted octanol–water partition coefficient (Wildman–Crippen LogP) is 5.53. The molecular formula is C24H26N2S. The van der Waals surface area contributed by atoms with E-state index in [4.69, 9.17) is 0 Å². The third-order valence-electron chi connectivity index (χ3n) is 5.07. The predicted molar refractivity (Wildman–Crippen MR) is 116 cm³/mol. The molecule has 1 N–H and O–H groups in total. The molecule has 27 heavy (non-hydrogen) atoms. The average molecular weight is 375 g/mol. The molecule has 0 saturated carbocycles. The van der Waals surface area contributed by atoms with Crippen LogP contribution in [0.25, 0.3) is 11.1 Å². The summed E-state index contributed by atoms with van der Waals surface area (Å²) in [7, 11) is 0. The van der Waals surface area contributed by atoms with Crippen LogP contribution in [-0.2, 0) is 6.54 Å². The highest BCUT2D eigenvalue weighted by Crippen LogP contribution is 2.22. The second-order valence-electron chi connectivity index (χ2n) is 7.32. The Hall–Kier alpha value is -2.07. The van der Waals surface area contributed by atoms with Gasteiger partial charge in [0.05, 0.1) is 0 Å². The molecule has 4 rings (SSSR count). The van der Waals surface area contributed by atoms with Crippen molar-refractivity contribution in [2.45, 2.75) is 30.8 Å². The van der Waals surface area contributed by atoms with Gasteiger partial charge in [0.1, 0.15) is 0 Å². The zero-order chi connectivity index (χ0) is 18.5. The lowest BCUT2D eigenvalue weighted by molar-refractivity contribution is 0.325. The van der Waals surface area contributed by atoms with Gasteiger partial charge in [0.15, 0.2) is 0 Å². The van der Waals surface area contributed by atoms with E-state index in [0.29, 0.717) is 6.04 Å². The molecule has 3 aromatic carbocycles. The molecule has 1 aliphatic heterocycles. The van der Waals surface area contributed by atoms with Gasteiger partial charge in [-0.15, -0.1) is 0 Å². The second-order valence-corrected chi connectivity index (χ2v) is 8.23. The third kappa shape index (κ3) is 5.01. The van der Waals surface area contributed by atoms with Gasteiger partial charge in [-0.2, -0.15) is 0 Å². The second kappa shape index (κ2) is 8.75. The van der Waals surface area contributed by atoms with Gasteiger partial charge in [0.25, 0.3) is 0 Å². The molecule has 138 valence electrons. The first-order chi connectivity index (χ1) is 13.3. The molecule has 1 saturated heterocycles. The van der Waals surface area contributed by atoms with E-state index in [1.54, 1.807) is 11.9 Å². The first-order valence-electron chi connectivity index (χ1n) is 9.62. The van der Waals surface area contributed by atoms with E-state index in [9.17, 15) is 0 Å². The molecule has 0 amide bonds. The van der Waals surface area contributed by atoms with Crippen LogP contribution in [0.3, 0.4) is 0 Å². The SMILES string of the molecule is Cc1cccc(SN[C@@H]2CCN(Cc3ccc(-c4ccccc4)cc3)C2)c1. The summed E-state index contributed by atoms with van der Waals surface area (Å²) >= 11 is 1.76. The van der Waals surface area contributed by atoms with E-state index in [1.807, 2.05) is 0 Å². The molecule has 1 aliphatic rings. The first kappa shape index (κ1) is 18.3. The third-order valence-corrected chi connectivity index (χ3v) is 6.01. The molecule has 3 aromatic rings. The number of hydrogen-bond acceptors (Lipinski definition) is 3. The topological polar surface area (TPSA) is 15.3 Å². The van der Waals surface area contributed by atoms with Crippen LogP contribution in [0.5, 0.6) is 0 Å². The van der Waals surface area contributed by atoms with Crippen molar-refractivity contribution in [1.82, 2.24) is 9.62 Å². The fraction of sp³-hybridized carbons (Fsp3) is 0.250. The lowest BCUT2D eigenvalue weighted by Crippen LogP contribution is -2.28. The summed E-state index contributed by atoms with van der Waals surface area (Å²) < 4.78 is 3.65. The van der Waals surface area contributed by atoms with Crippen LogP contribution < -0.4 is 4.72 Å². The lowest BCUT2D eigenvalue weighted by Gasteiger charge is -2.17. The molecule has 0 spiro atoms. The summed E-state index contributed by atoms with van der Waals surface area (Å²) in [5.41, 5.74) is 5.27. The fourth-order valence-corrected chi connectivity index (χ4v) is 4.48. The quantitative estimate of drug-likeness (QED) is 0.571. The zero-order valence-electron chi connectivity index (χ0n) is 15.8. The molecule has 0 aliphatic carbocycles. The van der Waals surface area contributed by atoms with E-state index in [2.05, 4.69) is 95.4 Å². The Kier molecular flexibility index (Phi) is 5.93. The van der Waals surface area contributed by atoms with Crippen LogP contribution in [0.2, 0.25) is 0 Å². The number of hydrogen-bond donors (Lipinski definition) is 1. The van der Waals surface area contributed by atoms with Crippen LogP contribution in [0.4, 0.5) is 0 Å². The summed E-state index contributed by atoms with van der Waals surface area (Å²) in [6, 6.07) is 28.8. The lowest BCUT2D eigenvalue weighted by atomic mass is 10.0. The van der Waals surface area contributed by atoms with E-state index >= 15 is 0 Å². The fourth-order valence-electron chi connectivity index (χ4n) is 3.59. The highest BCUT2D eigenvalue weighted by Gasteiger charge is 2.22. The van der Waals surface area contributed by atoms with Gasteiger partial charge >= 0.3 is 0 Å². The molecule has 0 aromatic heterocycles. The van der Waals surface area contributed by atoms with Crippen molar-refractivity contribution in [1.29, 1.82) is 0 Å². The van der Waals surface area contributed by atoms with E-state index in [0.717, 1.165) is 19.6 Å². The Morgan fingerprint density at radius 1 is 0.926 bits per heavy atom. The van der Waals surface area contributed by atoms with Crippen molar-refractivity contribution >= 4 is 11.9 Å². The maximum absolute atomic E-state index is 3.65. The van der Waals surface area contributed by atoms with Crippen LogP contribution in [-0.4, -0.2) is 24.0 Å². The Bertz CT molecular complexity index is 861.